The second-order valence-electron chi connectivity index (χ2n) is 6.84. The van der Waals surface area contributed by atoms with Crippen LogP contribution in [0.3, 0.4) is 0 Å². The van der Waals surface area contributed by atoms with Crippen LogP contribution in [0.2, 0.25) is 0 Å². The lowest BCUT2D eigenvalue weighted by molar-refractivity contribution is -0.141. The smallest absolute Gasteiger partial charge is 0.227 e. The molecule has 0 aliphatic carbocycles. The van der Waals surface area contributed by atoms with Gasteiger partial charge in [0, 0.05) is 32.1 Å². The van der Waals surface area contributed by atoms with Crippen LogP contribution >= 0.6 is 0 Å². The SMILES string of the molecule is CCCC(=O)N1CCCC(C(=O)N2CCCC2CC(C)O)C1. The monoisotopic (exact) mass is 310 g/mol. The molecule has 2 aliphatic heterocycles. The first-order valence-corrected chi connectivity index (χ1v) is 8.79. The molecule has 0 spiro atoms. The molecule has 0 aromatic heterocycles. The van der Waals surface area contributed by atoms with Gasteiger partial charge in [-0.05, 0) is 45.4 Å². The molecule has 2 heterocycles. The lowest BCUT2D eigenvalue weighted by Gasteiger charge is -2.36. The molecule has 22 heavy (non-hydrogen) atoms. The predicted molar refractivity (Wildman–Crippen MR) is 85.2 cm³/mol. The van der Waals surface area contributed by atoms with E-state index in [9.17, 15) is 14.7 Å². The Kier molecular flexibility index (Phi) is 6.24. The Morgan fingerprint density at radius 1 is 1.23 bits per heavy atom. The first-order chi connectivity index (χ1) is 10.5. The maximum atomic E-state index is 12.8. The molecule has 5 nitrogen and oxygen atoms in total. The van der Waals surface area contributed by atoms with Gasteiger partial charge in [0.1, 0.15) is 0 Å². The third kappa shape index (κ3) is 4.22. The van der Waals surface area contributed by atoms with E-state index in [4.69, 9.17) is 0 Å². The van der Waals surface area contributed by atoms with E-state index in [2.05, 4.69) is 0 Å². The van der Waals surface area contributed by atoms with Crippen molar-refractivity contribution in [1.29, 1.82) is 0 Å². The highest BCUT2D eigenvalue weighted by molar-refractivity contribution is 5.82. The highest BCUT2D eigenvalue weighted by atomic mass is 16.3. The van der Waals surface area contributed by atoms with Crippen LogP contribution in [0.5, 0.6) is 0 Å². The fourth-order valence-electron chi connectivity index (χ4n) is 3.78. The molecule has 2 aliphatic rings. The Morgan fingerprint density at radius 3 is 2.64 bits per heavy atom. The maximum Gasteiger partial charge on any atom is 0.227 e. The molecule has 126 valence electrons. The topological polar surface area (TPSA) is 60.9 Å². The molecule has 1 N–H and O–H groups in total. The van der Waals surface area contributed by atoms with Crippen LogP contribution in [0, 0.1) is 5.92 Å². The standard InChI is InChI=1S/C17H30N2O3/c1-3-6-16(21)18-9-4-7-14(12-18)17(22)19-10-5-8-15(19)11-13(2)20/h13-15,20H,3-12H2,1-2H3. The van der Waals surface area contributed by atoms with E-state index in [1.54, 1.807) is 6.92 Å². The second kappa shape index (κ2) is 7.95. The summed E-state index contributed by atoms with van der Waals surface area (Å²) in [5, 5.41) is 9.61. The summed E-state index contributed by atoms with van der Waals surface area (Å²) in [4.78, 5) is 28.7. The third-order valence-electron chi connectivity index (χ3n) is 4.86. The van der Waals surface area contributed by atoms with Gasteiger partial charge >= 0.3 is 0 Å². The van der Waals surface area contributed by atoms with E-state index >= 15 is 0 Å². The van der Waals surface area contributed by atoms with Crippen LogP contribution in [0.15, 0.2) is 0 Å². The minimum Gasteiger partial charge on any atom is -0.393 e. The Labute approximate surface area is 133 Å². The van der Waals surface area contributed by atoms with Crippen molar-refractivity contribution in [3.8, 4) is 0 Å². The van der Waals surface area contributed by atoms with Crippen LogP contribution in [-0.2, 0) is 9.59 Å². The molecule has 0 aromatic rings. The van der Waals surface area contributed by atoms with E-state index < -0.39 is 0 Å². The zero-order chi connectivity index (χ0) is 16.1. The molecule has 3 atom stereocenters. The summed E-state index contributed by atoms with van der Waals surface area (Å²) in [7, 11) is 0. The van der Waals surface area contributed by atoms with Gasteiger partial charge in [-0.25, -0.2) is 0 Å². The summed E-state index contributed by atoms with van der Waals surface area (Å²) < 4.78 is 0. The summed E-state index contributed by atoms with van der Waals surface area (Å²) in [6.07, 6.45) is 5.54. The average molecular weight is 310 g/mol. The zero-order valence-electron chi connectivity index (χ0n) is 14.0. The number of aliphatic hydroxyl groups is 1. The summed E-state index contributed by atoms with van der Waals surface area (Å²) >= 11 is 0. The molecule has 5 heteroatoms. The third-order valence-corrected chi connectivity index (χ3v) is 4.86. The van der Waals surface area contributed by atoms with Crippen LogP contribution in [0.25, 0.3) is 0 Å². The van der Waals surface area contributed by atoms with Crippen LogP contribution in [-0.4, -0.2) is 58.5 Å². The van der Waals surface area contributed by atoms with Gasteiger partial charge in [-0.1, -0.05) is 6.92 Å². The summed E-state index contributed by atoms with van der Waals surface area (Å²) in [5.41, 5.74) is 0. The zero-order valence-corrected chi connectivity index (χ0v) is 14.0. The van der Waals surface area contributed by atoms with Gasteiger partial charge in [-0.2, -0.15) is 0 Å². The lowest BCUT2D eigenvalue weighted by Crippen LogP contribution is -2.48. The Bertz CT molecular complexity index is 397. The number of carbonyl (C=O) groups is 2. The molecule has 0 aromatic carbocycles. The van der Waals surface area contributed by atoms with E-state index in [1.807, 2.05) is 16.7 Å². The summed E-state index contributed by atoms with van der Waals surface area (Å²) in [6, 6.07) is 0.175. The van der Waals surface area contributed by atoms with Crippen molar-refractivity contribution in [2.45, 2.75) is 70.9 Å². The van der Waals surface area contributed by atoms with Crippen LogP contribution < -0.4 is 0 Å². The number of hydrogen-bond donors (Lipinski definition) is 1. The summed E-state index contributed by atoms with van der Waals surface area (Å²) in [6.45, 7) is 5.97. The number of carbonyl (C=O) groups excluding carboxylic acids is 2. The molecule has 2 fully saturated rings. The molecule has 0 saturated carbocycles. The van der Waals surface area contributed by atoms with Crippen molar-refractivity contribution in [3.63, 3.8) is 0 Å². The Morgan fingerprint density at radius 2 is 1.95 bits per heavy atom. The number of hydrogen-bond acceptors (Lipinski definition) is 3. The van der Waals surface area contributed by atoms with Crippen molar-refractivity contribution < 1.29 is 14.7 Å². The molecule has 2 rings (SSSR count). The lowest BCUT2D eigenvalue weighted by atomic mass is 9.95. The van der Waals surface area contributed by atoms with Gasteiger partial charge in [0.15, 0.2) is 0 Å². The van der Waals surface area contributed by atoms with E-state index in [0.717, 1.165) is 45.2 Å². The molecule has 3 unspecified atom stereocenters. The quantitative estimate of drug-likeness (QED) is 0.842. The fourth-order valence-corrected chi connectivity index (χ4v) is 3.78. The summed E-state index contributed by atoms with van der Waals surface area (Å²) in [5.74, 6) is 0.322. The number of amides is 2. The number of likely N-dealkylation sites (tertiary alicyclic amines) is 2. The van der Waals surface area contributed by atoms with E-state index in [0.29, 0.717) is 19.4 Å². The number of aliphatic hydroxyl groups excluding tert-OH is 1. The predicted octanol–water partition coefficient (Wildman–Crippen LogP) is 1.79. The average Bonchev–Trinajstić information content (AvgIpc) is 2.94. The van der Waals surface area contributed by atoms with Crippen molar-refractivity contribution in [3.05, 3.63) is 0 Å². The largest absolute Gasteiger partial charge is 0.393 e. The fraction of sp³-hybridized carbons (Fsp3) is 0.882. The molecule has 2 saturated heterocycles. The number of piperidine rings is 1. The van der Waals surface area contributed by atoms with E-state index in [-0.39, 0.29) is 29.9 Å². The molecular weight excluding hydrogens is 280 g/mol. The first kappa shape index (κ1) is 17.3. The van der Waals surface area contributed by atoms with Crippen molar-refractivity contribution in [2.24, 2.45) is 5.92 Å². The highest BCUT2D eigenvalue weighted by Gasteiger charge is 2.36. The molecular formula is C17H30N2O3. The van der Waals surface area contributed by atoms with Gasteiger partial charge in [-0.3, -0.25) is 9.59 Å². The number of rotatable bonds is 5. The first-order valence-electron chi connectivity index (χ1n) is 8.79. The van der Waals surface area contributed by atoms with Crippen molar-refractivity contribution >= 4 is 11.8 Å². The normalized spacial score (nSPS) is 27.0. The van der Waals surface area contributed by atoms with Gasteiger partial charge in [0.25, 0.3) is 0 Å². The van der Waals surface area contributed by atoms with Crippen molar-refractivity contribution in [1.82, 2.24) is 9.80 Å². The van der Waals surface area contributed by atoms with Gasteiger partial charge in [-0.15, -0.1) is 0 Å². The van der Waals surface area contributed by atoms with Gasteiger partial charge < -0.3 is 14.9 Å². The Hall–Kier alpha value is -1.10. The minimum absolute atomic E-state index is 0.0517. The number of nitrogens with zero attached hydrogens (tertiary/aromatic N) is 2. The van der Waals surface area contributed by atoms with E-state index in [1.165, 1.54) is 0 Å². The molecule has 0 radical (unpaired) electrons. The highest BCUT2D eigenvalue weighted by Crippen LogP contribution is 2.27. The minimum atomic E-state index is -0.368. The second-order valence-corrected chi connectivity index (χ2v) is 6.84. The van der Waals surface area contributed by atoms with Crippen LogP contribution in [0.4, 0.5) is 0 Å². The Balaban J connectivity index is 1.95. The van der Waals surface area contributed by atoms with Crippen molar-refractivity contribution in [2.75, 3.05) is 19.6 Å². The molecule has 2 amide bonds. The molecule has 0 bridgehead atoms. The van der Waals surface area contributed by atoms with Crippen LogP contribution in [0.1, 0.15) is 58.8 Å². The maximum absolute atomic E-state index is 12.8. The van der Waals surface area contributed by atoms with Gasteiger partial charge in [0.05, 0.1) is 12.0 Å². The van der Waals surface area contributed by atoms with Gasteiger partial charge in [0.2, 0.25) is 11.8 Å².